The second-order valence-electron chi connectivity index (χ2n) is 5.31. The molecule has 1 N–H and O–H groups in total. The average Bonchev–Trinajstić information content (AvgIpc) is 2.83. The lowest BCUT2D eigenvalue weighted by atomic mass is 9.87. The summed E-state index contributed by atoms with van der Waals surface area (Å²) in [4.78, 5) is 9.97. The molecule has 3 rings (SSSR count). The first-order chi connectivity index (χ1) is 8.73. The molecule has 0 aliphatic carbocycles. The molecule has 4 nitrogen and oxygen atoms in total. The van der Waals surface area contributed by atoms with Crippen molar-refractivity contribution in [2.24, 2.45) is 0 Å². The fourth-order valence-corrected chi connectivity index (χ4v) is 2.76. The maximum absolute atomic E-state index is 5.33. The molecule has 3 heterocycles. The van der Waals surface area contributed by atoms with Gasteiger partial charge in [-0.05, 0) is 31.0 Å². The Kier molecular flexibility index (Phi) is 2.84. The lowest BCUT2D eigenvalue weighted by molar-refractivity contribution is -0.0580. The van der Waals surface area contributed by atoms with Gasteiger partial charge in [0.15, 0.2) is 0 Å². The van der Waals surface area contributed by atoms with E-state index in [1.54, 1.807) is 7.11 Å². The van der Waals surface area contributed by atoms with E-state index in [4.69, 9.17) is 4.74 Å². The number of ether oxygens (including phenoxy) is 1. The SMILES string of the molecule is COCC1(C)CCN1Cc1ccnc2[nH]ccc12. The molecule has 0 radical (unpaired) electrons. The molecule has 1 aliphatic rings. The lowest BCUT2D eigenvalue weighted by Gasteiger charge is -2.50. The van der Waals surface area contributed by atoms with Gasteiger partial charge in [-0.3, -0.25) is 4.90 Å². The predicted octanol–water partition coefficient (Wildman–Crippen LogP) is 2.17. The van der Waals surface area contributed by atoms with E-state index in [-0.39, 0.29) is 5.54 Å². The van der Waals surface area contributed by atoms with Gasteiger partial charge in [0, 0.05) is 43.5 Å². The highest BCUT2D eigenvalue weighted by Gasteiger charge is 2.40. The van der Waals surface area contributed by atoms with E-state index in [0.29, 0.717) is 0 Å². The van der Waals surface area contributed by atoms with Crippen LogP contribution >= 0.6 is 0 Å². The van der Waals surface area contributed by atoms with E-state index in [0.717, 1.165) is 25.3 Å². The molecule has 96 valence electrons. The van der Waals surface area contributed by atoms with E-state index in [2.05, 4.69) is 33.9 Å². The Balaban J connectivity index is 1.83. The van der Waals surface area contributed by atoms with Gasteiger partial charge in [0.1, 0.15) is 5.65 Å². The smallest absolute Gasteiger partial charge is 0.137 e. The maximum Gasteiger partial charge on any atom is 0.137 e. The van der Waals surface area contributed by atoms with Crippen LogP contribution in [0.25, 0.3) is 11.0 Å². The molecule has 0 bridgehead atoms. The molecule has 0 saturated carbocycles. The van der Waals surface area contributed by atoms with Crippen molar-refractivity contribution in [3.05, 3.63) is 30.1 Å². The van der Waals surface area contributed by atoms with Gasteiger partial charge in [-0.2, -0.15) is 0 Å². The summed E-state index contributed by atoms with van der Waals surface area (Å²) in [7, 11) is 1.78. The molecule has 0 spiro atoms. The predicted molar refractivity (Wildman–Crippen MR) is 71.4 cm³/mol. The quantitative estimate of drug-likeness (QED) is 0.897. The molecule has 1 fully saturated rings. The molecule has 18 heavy (non-hydrogen) atoms. The third-order valence-electron chi connectivity index (χ3n) is 4.05. The minimum atomic E-state index is 0.195. The summed E-state index contributed by atoms with van der Waals surface area (Å²) in [6.07, 6.45) is 5.04. The van der Waals surface area contributed by atoms with Crippen molar-refractivity contribution in [1.82, 2.24) is 14.9 Å². The minimum absolute atomic E-state index is 0.195. The van der Waals surface area contributed by atoms with Gasteiger partial charge >= 0.3 is 0 Å². The molecule has 2 aromatic rings. The van der Waals surface area contributed by atoms with Crippen molar-refractivity contribution in [1.29, 1.82) is 0 Å². The number of H-pyrrole nitrogens is 1. The number of aromatic amines is 1. The number of nitrogens with one attached hydrogen (secondary N) is 1. The Morgan fingerprint density at radius 3 is 3.11 bits per heavy atom. The van der Waals surface area contributed by atoms with Crippen LogP contribution in [-0.4, -0.2) is 40.7 Å². The molecular weight excluding hydrogens is 226 g/mol. The van der Waals surface area contributed by atoms with Crippen molar-refractivity contribution in [3.63, 3.8) is 0 Å². The molecular formula is C14H19N3O. The van der Waals surface area contributed by atoms with Gasteiger partial charge in [-0.15, -0.1) is 0 Å². The number of nitrogens with zero attached hydrogens (tertiary/aromatic N) is 2. The summed E-state index contributed by atoms with van der Waals surface area (Å²) in [5, 5.41) is 1.23. The number of rotatable bonds is 4. The summed E-state index contributed by atoms with van der Waals surface area (Å²) < 4.78 is 5.33. The van der Waals surface area contributed by atoms with Crippen LogP contribution in [0, 0.1) is 0 Å². The Morgan fingerprint density at radius 1 is 1.50 bits per heavy atom. The van der Waals surface area contributed by atoms with E-state index < -0.39 is 0 Å². The van der Waals surface area contributed by atoms with Gasteiger partial charge in [0.2, 0.25) is 0 Å². The number of hydrogen-bond donors (Lipinski definition) is 1. The van der Waals surface area contributed by atoms with Crippen LogP contribution in [0.2, 0.25) is 0 Å². The molecule has 0 amide bonds. The number of hydrogen-bond acceptors (Lipinski definition) is 3. The van der Waals surface area contributed by atoms with Gasteiger partial charge in [0.05, 0.1) is 6.61 Å². The highest BCUT2D eigenvalue weighted by molar-refractivity contribution is 5.79. The second kappa shape index (κ2) is 4.37. The molecule has 1 aliphatic heterocycles. The number of fused-ring (bicyclic) bond motifs is 1. The van der Waals surface area contributed by atoms with Crippen LogP contribution in [0.4, 0.5) is 0 Å². The Hall–Kier alpha value is -1.39. The molecule has 2 aromatic heterocycles. The standard InChI is InChI=1S/C14H19N3O/c1-14(10-18-2)5-8-17(14)9-11-3-6-15-13-12(11)4-7-16-13/h3-4,6-7H,5,8-10H2,1-2H3,(H,15,16). The Labute approximate surface area is 107 Å². The van der Waals surface area contributed by atoms with Crippen LogP contribution in [0.3, 0.4) is 0 Å². The van der Waals surface area contributed by atoms with Crippen LogP contribution in [0.15, 0.2) is 24.5 Å². The molecule has 1 saturated heterocycles. The number of methoxy groups -OCH3 is 1. The number of aromatic nitrogens is 2. The first-order valence-corrected chi connectivity index (χ1v) is 6.38. The summed E-state index contributed by atoms with van der Waals surface area (Å²) in [5.41, 5.74) is 2.51. The fourth-order valence-electron chi connectivity index (χ4n) is 2.76. The maximum atomic E-state index is 5.33. The first kappa shape index (κ1) is 11.7. The van der Waals surface area contributed by atoms with E-state index >= 15 is 0 Å². The largest absolute Gasteiger partial charge is 0.383 e. The third-order valence-corrected chi connectivity index (χ3v) is 4.05. The van der Waals surface area contributed by atoms with Crippen LogP contribution < -0.4 is 0 Å². The summed E-state index contributed by atoms with van der Waals surface area (Å²) in [6.45, 7) is 5.19. The van der Waals surface area contributed by atoms with E-state index in [9.17, 15) is 0 Å². The summed E-state index contributed by atoms with van der Waals surface area (Å²) >= 11 is 0. The highest BCUT2D eigenvalue weighted by Crippen LogP contribution is 2.33. The van der Waals surface area contributed by atoms with Crippen LogP contribution in [-0.2, 0) is 11.3 Å². The zero-order valence-corrected chi connectivity index (χ0v) is 10.9. The topological polar surface area (TPSA) is 41.1 Å². The summed E-state index contributed by atoms with van der Waals surface area (Å²) in [5.74, 6) is 0. The third kappa shape index (κ3) is 1.82. The average molecular weight is 245 g/mol. The normalized spacial score (nSPS) is 24.3. The van der Waals surface area contributed by atoms with Crippen molar-refractivity contribution >= 4 is 11.0 Å². The van der Waals surface area contributed by atoms with Crippen LogP contribution in [0.1, 0.15) is 18.9 Å². The molecule has 0 aromatic carbocycles. The summed E-state index contributed by atoms with van der Waals surface area (Å²) in [6, 6.07) is 4.22. The van der Waals surface area contributed by atoms with Crippen LogP contribution in [0.5, 0.6) is 0 Å². The fraction of sp³-hybridized carbons (Fsp3) is 0.500. The zero-order chi connectivity index (χ0) is 12.6. The van der Waals surface area contributed by atoms with Gasteiger partial charge in [-0.25, -0.2) is 4.98 Å². The second-order valence-corrected chi connectivity index (χ2v) is 5.31. The molecule has 4 heteroatoms. The minimum Gasteiger partial charge on any atom is -0.383 e. The van der Waals surface area contributed by atoms with E-state index in [1.165, 1.54) is 17.4 Å². The van der Waals surface area contributed by atoms with Crippen molar-refractivity contribution in [2.75, 3.05) is 20.3 Å². The Bertz CT molecular complexity index is 551. The molecule has 1 atom stereocenters. The molecule has 1 unspecified atom stereocenters. The van der Waals surface area contributed by atoms with Gasteiger partial charge in [-0.1, -0.05) is 0 Å². The number of likely N-dealkylation sites (tertiary alicyclic amines) is 1. The van der Waals surface area contributed by atoms with Crippen molar-refractivity contribution in [3.8, 4) is 0 Å². The zero-order valence-electron chi connectivity index (χ0n) is 10.9. The number of pyridine rings is 1. The lowest BCUT2D eigenvalue weighted by Crippen LogP contribution is -2.59. The monoisotopic (exact) mass is 245 g/mol. The first-order valence-electron chi connectivity index (χ1n) is 6.38. The van der Waals surface area contributed by atoms with Gasteiger partial charge in [0.25, 0.3) is 0 Å². The van der Waals surface area contributed by atoms with E-state index in [1.807, 2.05) is 12.4 Å². The highest BCUT2D eigenvalue weighted by atomic mass is 16.5. The van der Waals surface area contributed by atoms with Gasteiger partial charge < -0.3 is 9.72 Å². The Morgan fingerprint density at radius 2 is 2.39 bits per heavy atom. The van der Waals surface area contributed by atoms with Crippen molar-refractivity contribution < 1.29 is 4.74 Å². The van der Waals surface area contributed by atoms with Crippen molar-refractivity contribution in [2.45, 2.75) is 25.4 Å².